The first-order valence-electron chi connectivity index (χ1n) is 10.2. The van der Waals surface area contributed by atoms with Crippen molar-refractivity contribution in [1.82, 2.24) is 15.2 Å². The van der Waals surface area contributed by atoms with E-state index in [-0.39, 0.29) is 18.0 Å². The Kier molecular flexibility index (Phi) is 5.69. The van der Waals surface area contributed by atoms with Crippen LogP contribution in [0.5, 0.6) is 5.75 Å². The number of rotatable bonds is 5. The Morgan fingerprint density at radius 2 is 2.17 bits per heavy atom. The summed E-state index contributed by atoms with van der Waals surface area (Å²) in [6.45, 7) is 5.77. The van der Waals surface area contributed by atoms with Crippen molar-refractivity contribution in [2.45, 2.75) is 38.6 Å². The van der Waals surface area contributed by atoms with Gasteiger partial charge >= 0.3 is 6.03 Å². The van der Waals surface area contributed by atoms with E-state index in [1.165, 1.54) is 0 Å². The van der Waals surface area contributed by atoms with Crippen molar-refractivity contribution in [3.05, 3.63) is 60.0 Å². The van der Waals surface area contributed by atoms with Crippen molar-refractivity contribution in [3.8, 4) is 5.75 Å². The zero-order chi connectivity index (χ0) is 20.2. The van der Waals surface area contributed by atoms with Gasteiger partial charge in [-0.1, -0.05) is 24.3 Å². The highest BCUT2D eigenvalue weighted by atomic mass is 16.5. The van der Waals surface area contributed by atoms with Gasteiger partial charge < -0.3 is 19.4 Å². The fourth-order valence-corrected chi connectivity index (χ4v) is 3.70. The summed E-state index contributed by atoms with van der Waals surface area (Å²) in [4.78, 5) is 19.2. The number of piperidine rings is 1. The molecule has 1 aliphatic heterocycles. The molecule has 2 unspecified atom stereocenters. The summed E-state index contributed by atoms with van der Waals surface area (Å²) in [7, 11) is 0. The van der Waals surface area contributed by atoms with E-state index >= 15 is 0 Å². The van der Waals surface area contributed by atoms with Gasteiger partial charge in [0.1, 0.15) is 17.9 Å². The van der Waals surface area contributed by atoms with Crippen LogP contribution in [0.25, 0.3) is 11.1 Å². The van der Waals surface area contributed by atoms with Gasteiger partial charge in [0.05, 0.1) is 12.0 Å². The van der Waals surface area contributed by atoms with Crippen molar-refractivity contribution in [2.75, 3.05) is 19.7 Å². The molecule has 0 aliphatic carbocycles. The molecule has 3 aromatic rings. The third-order valence-electron chi connectivity index (χ3n) is 5.23. The summed E-state index contributed by atoms with van der Waals surface area (Å²) in [6, 6.07) is 15.5. The Morgan fingerprint density at radius 3 is 3.00 bits per heavy atom. The van der Waals surface area contributed by atoms with Gasteiger partial charge in [-0.25, -0.2) is 9.78 Å². The molecule has 2 amide bonds. The van der Waals surface area contributed by atoms with Gasteiger partial charge in [-0.05, 0) is 56.5 Å². The van der Waals surface area contributed by atoms with Gasteiger partial charge in [-0.2, -0.15) is 0 Å². The molecule has 1 fully saturated rings. The molecule has 1 aromatic heterocycles. The number of likely N-dealkylation sites (tertiary alicyclic amines) is 1. The number of urea groups is 1. The summed E-state index contributed by atoms with van der Waals surface area (Å²) in [5.74, 6) is 1.67. The SMILES string of the molecule is Cc1cccc(OCC(C)NC(=O)N2CCCC(c3nc4ccccc4o3)C2)c1. The van der Waals surface area contributed by atoms with Crippen LogP contribution in [0.4, 0.5) is 4.79 Å². The number of ether oxygens (including phenoxy) is 1. The molecule has 29 heavy (non-hydrogen) atoms. The number of oxazole rings is 1. The maximum atomic E-state index is 12.7. The summed E-state index contributed by atoms with van der Waals surface area (Å²) in [5.41, 5.74) is 2.81. The van der Waals surface area contributed by atoms with Gasteiger partial charge in [0.2, 0.25) is 0 Å². The van der Waals surface area contributed by atoms with Crippen LogP contribution in [-0.4, -0.2) is 41.7 Å². The normalized spacial score (nSPS) is 17.9. The van der Waals surface area contributed by atoms with Gasteiger partial charge in [0.15, 0.2) is 11.5 Å². The van der Waals surface area contributed by atoms with Crippen molar-refractivity contribution < 1.29 is 13.9 Å². The number of amides is 2. The van der Waals surface area contributed by atoms with Gasteiger partial charge in [-0.3, -0.25) is 0 Å². The monoisotopic (exact) mass is 393 g/mol. The molecule has 4 rings (SSSR count). The zero-order valence-electron chi connectivity index (χ0n) is 16.9. The van der Waals surface area contributed by atoms with Crippen LogP contribution in [0.3, 0.4) is 0 Å². The van der Waals surface area contributed by atoms with Crippen LogP contribution < -0.4 is 10.1 Å². The van der Waals surface area contributed by atoms with Crippen molar-refractivity contribution in [3.63, 3.8) is 0 Å². The number of aromatic nitrogens is 1. The molecule has 1 aliphatic rings. The largest absolute Gasteiger partial charge is 0.491 e. The Hall–Kier alpha value is -3.02. The van der Waals surface area contributed by atoms with Crippen molar-refractivity contribution >= 4 is 17.1 Å². The Labute approximate surface area is 170 Å². The van der Waals surface area contributed by atoms with Crippen LogP contribution in [0.15, 0.2) is 52.9 Å². The lowest BCUT2D eigenvalue weighted by Gasteiger charge is -2.32. The zero-order valence-corrected chi connectivity index (χ0v) is 16.9. The number of aryl methyl sites for hydroxylation is 1. The maximum Gasteiger partial charge on any atom is 0.317 e. The van der Waals surface area contributed by atoms with Crippen LogP contribution >= 0.6 is 0 Å². The summed E-state index contributed by atoms with van der Waals surface area (Å²) in [5, 5.41) is 3.04. The average Bonchev–Trinajstić information content (AvgIpc) is 3.17. The number of nitrogens with zero attached hydrogens (tertiary/aromatic N) is 2. The fraction of sp³-hybridized carbons (Fsp3) is 0.391. The second-order valence-corrected chi connectivity index (χ2v) is 7.78. The second-order valence-electron chi connectivity index (χ2n) is 7.78. The Bertz CT molecular complexity index is 951. The molecule has 2 heterocycles. The van der Waals surface area contributed by atoms with Crippen LogP contribution in [0, 0.1) is 6.92 Å². The number of hydrogen-bond acceptors (Lipinski definition) is 4. The molecule has 2 atom stereocenters. The quantitative estimate of drug-likeness (QED) is 0.693. The first kappa shape index (κ1) is 19.3. The van der Waals surface area contributed by atoms with E-state index in [1.807, 2.05) is 67.3 Å². The predicted octanol–water partition coefficient (Wildman–Crippen LogP) is 4.49. The standard InChI is InChI=1S/C23H27N3O3/c1-16-7-5-9-19(13-16)28-15-17(2)24-23(27)26-12-6-8-18(14-26)22-25-20-10-3-4-11-21(20)29-22/h3-5,7,9-11,13,17-18H,6,8,12,14-15H2,1-2H3,(H,24,27). The molecular weight excluding hydrogens is 366 g/mol. The molecule has 0 spiro atoms. The number of para-hydroxylation sites is 2. The molecule has 6 nitrogen and oxygen atoms in total. The van der Waals surface area contributed by atoms with E-state index < -0.39 is 0 Å². The number of fused-ring (bicyclic) bond motifs is 1. The van der Waals surface area contributed by atoms with Gasteiger partial charge in [0.25, 0.3) is 0 Å². The lowest BCUT2D eigenvalue weighted by molar-refractivity contribution is 0.167. The van der Waals surface area contributed by atoms with E-state index in [4.69, 9.17) is 9.15 Å². The number of nitrogens with one attached hydrogen (secondary N) is 1. The highest BCUT2D eigenvalue weighted by Crippen LogP contribution is 2.29. The first-order valence-corrected chi connectivity index (χ1v) is 10.2. The lowest BCUT2D eigenvalue weighted by Crippen LogP contribution is -2.48. The summed E-state index contributed by atoms with van der Waals surface area (Å²) in [6.07, 6.45) is 1.91. The molecule has 0 radical (unpaired) electrons. The summed E-state index contributed by atoms with van der Waals surface area (Å²) < 4.78 is 11.7. The van der Waals surface area contributed by atoms with Crippen molar-refractivity contribution in [2.24, 2.45) is 0 Å². The maximum absolute atomic E-state index is 12.7. The highest BCUT2D eigenvalue weighted by Gasteiger charge is 2.28. The average molecular weight is 393 g/mol. The van der Waals surface area contributed by atoms with Gasteiger partial charge in [-0.15, -0.1) is 0 Å². The smallest absolute Gasteiger partial charge is 0.317 e. The van der Waals surface area contributed by atoms with E-state index in [2.05, 4.69) is 10.3 Å². The Balaban J connectivity index is 1.32. The minimum Gasteiger partial charge on any atom is -0.491 e. The van der Waals surface area contributed by atoms with Crippen molar-refractivity contribution in [1.29, 1.82) is 0 Å². The predicted molar refractivity (Wildman–Crippen MR) is 112 cm³/mol. The second kappa shape index (κ2) is 8.55. The molecule has 1 saturated heterocycles. The first-order chi connectivity index (χ1) is 14.1. The molecular formula is C23H27N3O3. The van der Waals surface area contributed by atoms with E-state index in [1.54, 1.807) is 0 Å². The van der Waals surface area contributed by atoms with E-state index in [0.29, 0.717) is 13.2 Å². The number of hydrogen-bond donors (Lipinski definition) is 1. The number of benzene rings is 2. The summed E-state index contributed by atoms with van der Waals surface area (Å²) >= 11 is 0. The van der Waals surface area contributed by atoms with Gasteiger partial charge in [0, 0.05) is 13.1 Å². The highest BCUT2D eigenvalue weighted by molar-refractivity contribution is 5.75. The topological polar surface area (TPSA) is 67.6 Å². The molecule has 0 bridgehead atoms. The molecule has 6 heteroatoms. The molecule has 2 aromatic carbocycles. The lowest BCUT2D eigenvalue weighted by atomic mass is 9.98. The van der Waals surface area contributed by atoms with E-state index in [0.717, 1.165) is 47.7 Å². The van der Waals surface area contributed by atoms with Crippen LogP contribution in [0.2, 0.25) is 0 Å². The third-order valence-corrected chi connectivity index (χ3v) is 5.23. The molecule has 152 valence electrons. The fourth-order valence-electron chi connectivity index (χ4n) is 3.70. The number of carbonyl (C=O) groups excluding carboxylic acids is 1. The minimum atomic E-state index is -0.0901. The molecule has 1 N–H and O–H groups in total. The van der Waals surface area contributed by atoms with Crippen LogP contribution in [0.1, 0.15) is 37.1 Å². The third kappa shape index (κ3) is 4.70. The minimum absolute atomic E-state index is 0.0637. The van der Waals surface area contributed by atoms with Crippen LogP contribution in [-0.2, 0) is 0 Å². The Morgan fingerprint density at radius 1 is 1.31 bits per heavy atom. The molecule has 0 saturated carbocycles. The number of carbonyl (C=O) groups is 1. The van der Waals surface area contributed by atoms with E-state index in [9.17, 15) is 4.79 Å².